The van der Waals surface area contributed by atoms with Crippen LogP contribution in [-0.4, -0.2) is 5.78 Å². The molecule has 0 saturated heterocycles. The second-order valence-electron chi connectivity index (χ2n) is 2.83. The Morgan fingerprint density at radius 2 is 1.86 bits per heavy atom. The van der Waals surface area contributed by atoms with Crippen molar-refractivity contribution < 1.29 is 4.79 Å². The van der Waals surface area contributed by atoms with Gasteiger partial charge >= 0.3 is 0 Å². The van der Waals surface area contributed by atoms with Crippen LogP contribution < -0.4 is 0 Å². The maximum atomic E-state index is 11.1. The average molecular weight is 228 g/mol. The molecule has 14 heavy (non-hydrogen) atoms. The summed E-state index contributed by atoms with van der Waals surface area (Å²) in [5, 5.41) is 9.30. The largest absolute Gasteiger partial charge is 0.298 e. The smallest absolute Gasteiger partial charge is 0.151 e. The number of nitrogens with zero attached hydrogens (tertiary/aromatic N) is 1. The molecular formula is C10H7Cl2NO. The van der Waals surface area contributed by atoms with Gasteiger partial charge in [-0.3, -0.25) is 4.79 Å². The number of ketones is 1. The number of carbonyl (C=O) groups is 1. The molecule has 0 aliphatic carbocycles. The summed E-state index contributed by atoms with van der Waals surface area (Å²) in [6.07, 6.45) is 0.123. The van der Waals surface area contributed by atoms with Gasteiger partial charge in [0.15, 0.2) is 5.78 Å². The van der Waals surface area contributed by atoms with Gasteiger partial charge in [-0.15, -0.1) is 0 Å². The summed E-state index contributed by atoms with van der Waals surface area (Å²) in [5.74, 6) is -0.133. The summed E-state index contributed by atoms with van der Waals surface area (Å²) in [6.45, 7) is 0. The van der Waals surface area contributed by atoms with Gasteiger partial charge in [-0.05, 0) is 23.8 Å². The average Bonchev–Trinajstić information content (AvgIpc) is 2.01. The summed E-state index contributed by atoms with van der Waals surface area (Å²) < 4.78 is 0. The predicted octanol–water partition coefficient (Wildman–Crippen LogP) is 3.02. The van der Waals surface area contributed by atoms with Crippen LogP contribution in [-0.2, 0) is 11.2 Å². The number of carbonyl (C=O) groups excluding carboxylic acids is 1. The molecule has 1 aromatic carbocycles. The van der Waals surface area contributed by atoms with Crippen LogP contribution in [0.4, 0.5) is 0 Å². The summed E-state index contributed by atoms with van der Waals surface area (Å²) >= 11 is 11.5. The van der Waals surface area contributed by atoms with Gasteiger partial charge in [0, 0.05) is 16.5 Å². The molecule has 0 spiro atoms. The highest BCUT2D eigenvalue weighted by Crippen LogP contribution is 2.19. The first-order chi connectivity index (χ1) is 6.61. The van der Waals surface area contributed by atoms with E-state index in [0.717, 1.165) is 5.56 Å². The fourth-order valence-corrected chi connectivity index (χ4v) is 1.66. The van der Waals surface area contributed by atoms with E-state index >= 15 is 0 Å². The van der Waals surface area contributed by atoms with E-state index in [1.165, 1.54) is 0 Å². The second kappa shape index (κ2) is 4.99. The molecule has 0 aliphatic heterocycles. The fourth-order valence-electron chi connectivity index (χ4n) is 1.09. The van der Waals surface area contributed by atoms with Crippen LogP contribution in [0.3, 0.4) is 0 Å². The zero-order valence-electron chi connectivity index (χ0n) is 7.26. The van der Waals surface area contributed by atoms with E-state index in [4.69, 9.17) is 28.5 Å². The Kier molecular flexibility index (Phi) is 3.94. The van der Waals surface area contributed by atoms with Gasteiger partial charge in [0.05, 0.1) is 12.5 Å². The van der Waals surface area contributed by atoms with Crippen molar-refractivity contribution in [2.75, 3.05) is 0 Å². The molecule has 0 aliphatic rings. The Labute approximate surface area is 92.1 Å². The lowest BCUT2D eigenvalue weighted by atomic mass is 10.1. The molecule has 1 rings (SSSR count). The fraction of sp³-hybridized carbons (Fsp3) is 0.200. The van der Waals surface area contributed by atoms with Crippen LogP contribution in [0.2, 0.25) is 10.0 Å². The van der Waals surface area contributed by atoms with E-state index in [1.807, 2.05) is 0 Å². The molecular weight excluding hydrogens is 221 g/mol. The number of halogens is 2. The molecule has 4 heteroatoms. The first-order valence-electron chi connectivity index (χ1n) is 3.95. The van der Waals surface area contributed by atoms with E-state index < -0.39 is 0 Å². The second-order valence-corrected chi connectivity index (χ2v) is 3.70. The highest BCUT2D eigenvalue weighted by molar-refractivity contribution is 6.34. The molecule has 2 nitrogen and oxygen atoms in total. The minimum Gasteiger partial charge on any atom is -0.298 e. The van der Waals surface area contributed by atoms with Crippen LogP contribution in [0.1, 0.15) is 12.0 Å². The highest BCUT2D eigenvalue weighted by atomic mass is 35.5. The molecule has 0 saturated carbocycles. The van der Waals surface area contributed by atoms with Gasteiger partial charge in [0.1, 0.15) is 0 Å². The summed E-state index contributed by atoms with van der Waals surface area (Å²) in [7, 11) is 0. The third-order valence-electron chi connectivity index (χ3n) is 1.60. The lowest BCUT2D eigenvalue weighted by Gasteiger charge is -2.00. The van der Waals surface area contributed by atoms with E-state index in [2.05, 4.69) is 0 Å². The molecule has 1 aromatic rings. The van der Waals surface area contributed by atoms with Crippen molar-refractivity contribution in [2.24, 2.45) is 0 Å². The summed E-state index contributed by atoms with van der Waals surface area (Å²) in [5.41, 5.74) is 0.739. The third kappa shape index (κ3) is 3.37. The predicted molar refractivity (Wildman–Crippen MR) is 55.4 cm³/mol. The standard InChI is InChI=1S/C10H7Cl2NO/c11-8-3-7(4-9(12)6-8)5-10(14)1-2-13/h3-4,6H,1,5H2. The van der Waals surface area contributed by atoms with Gasteiger partial charge < -0.3 is 0 Å². The monoisotopic (exact) mass is 227 g/mol. The molecule has 0 atom stereocenters. The summed E-state index contributed by atoms with van der Waals surface area (Å²) in [6, 6.07) is 6.74. The Bertz CT molecular complexity index is 375. The molecule has 0 aromatic heterocycles. The van der Waals surface area contributed by atoms with E-state index in [0.29, 0.717) is 10.0 Å². The van der Waals surface area contributed by atoms with Crippen LogP contribution in [0.5, 0.6) is 0 Å². The molecule has 0 amide bonds. The Hall–Kier alpha value is -1.04. The number of benzene rings is 1. The SMILES string of the molecule is N#CCC(=O)Cc1cc(Cl)cc(Cl)c1. The Balaban J connectivity index is 2.77. The van der Waals surface area contributed by atoms with Crippen LogP contribution >= 0.6 is 23.2 Å². The molecule has 0 radical (unpaired) electrons. The molecule has 0 unspecified atom stereocenters. The van der Waals surface area contributed by atoms with Crippen LogP contribution in [0.15, 0.2) is 18.2 Å². The van der Waals surface area contributed by atoms with Gasteiger partial charge in [0.25, 0.3) is 0 Å². The third-order valence-corrected chi connectivity index (χ3v) is 2.04. The molecule has 0 fully saturated rings. The molecule has 0 heterocycles. The Morgan fingerprint density at radius 1 is 1.29 bits per heavy atom. The summed E-state index contributed by atoms with van der Waals surface area (Å²) in [4.78, 5) is 11.1. The van der Waals surface area contributed by atoms with E-state index in [-0.39, 0.29) is 18.6 Å². The van der Waals surface area contributed by atoms with Crippen molar-refractivity contribution in [3.63, 3.8) is 0 Å². The maximum absolute atomic E-state index is 11.1. The van der Waals surface area contributed by atoms with Crippen molar-refractivity contribution in [3.05, 3.63) is 33.8 Å². The van der Waals surface area contributed by atoms with Gasteiger partial charge in [0.2, 0.25) is 0 Å². The Morgan fingerprint density at radius 3 is 2.36 bits per heavy atom. The first kappa shape index (κ1) is 11.0. The van der Waals surface area contributed by atoms with Gasteiger partial charge in [-0.1, -0.05) is 23.2 Å². The van der Waals surface area contributed by atoms with Crippen molar-refractivity contribution >= 4 is 29.0 Å². The minimum absolute atomic E-state index is 0.0792. The van der Waals surface area contributed by atoms with Crippen molar-refractivity contribution in [1.82, 2.24) is 0 Å². The topological polar surface area (TPSA) is 40.9 Å². The zero-order chi connectivity index (χ0) is 10.6. The zero-order valence-corrected chi connectivity index (χ0v) is 8.77. The highest BCUT2D eigenvalue weighted by Gasteiger charge is 2.04. The number of rotatable bonds is 3. The molecule has 0 bridgehead atoms. The van der Waals surface area contributed by atoms with E-state index in [1.54, 1.807) is 24.3 Å². The number of hydrogen-bond donors (Lipinski definition) is 0. The molecule has 72 valence electrons. The van der Waals surface area contributed by atoms with Crippen molar-refractivity contribution in [1.29, 1.82) is 5.26 Å². The van der Waals surface area contributed by atoms with Gasteiger partial charge in [-0.2, -0.15) is 5.26 Å². The first-order valence-corrected chi connectivity index (χ1v) is 4.71. The minimum atomic E-state index is -0.133. The van der Waals surface area contributed by atoms with Crippen molar-refractivity contribution in [2.45, 2.75) is 12.8 Å². The molecule has 0 N–H and O–H groups in total. The number of Topliss-reactive ketones (excluding diaryl/α,β-unsaturated/α-hetero) is 1. The van der Waals surface area contributed by atoms with Crippen LogP contribution in [0, 0.1) is 11.3 Å². The number of hydrogen-bond acceptors (Lipinski definition) is 2. The lowest BCUT2D eigenvalue weighted by molar-refractivity contribution is -0.117. The lowest BCUT2D eigenvalue weighted by Crippen LogP contribution is -2.00. The quantitative estimate of drug-likeness (QED) is 0.797. The normalized spacial score (nSPS) is 9.50. The maximum Gasteiger partial charge on any atom is 0.151 e. The van der Waals surface area contributed by atoms with Crippen molar-refractivity contribution in [3.8, 4) is 6.07 Å². The van der Waals surface area contributed by atoms with Gasteiger partial charge in [-0.25, -0.2) is 0 Å². The van der Waals surface area contributed by atoms with E-state index in [9.17, 15) is 4.79 Å². The van der Waals surface area contributed by atoms with Crippen LogP contribution in [0.25, 0.3) is 0 Å². The number of nitriles is 1.